The quantitative estimate of drug-likeness (QED) is 0.696. The van der Waals surface area contributed by atoms with Gasteiger partial charge in [-0.3, -0.25) is 4.79 Å². The van der Waals surface area contributed by atoms with Crippen LogP contribution < -0.4 is 8.92 Å². The molecule has 0 heterocycles. The van der Waals surface area contributed by atoms with Crippen LogP contribution in [0.2, 0.25) is 0 Å². The summed E-state index contributed by atoms with van der Waals surface area (Å²) in [5.41, 5.74) is 0.932. The van der Waals surface area contributed by atoms with E-state index in [1.807, 2.05) is 4.90 Å². The second kappa shape index (κ2) is 7.37. The number of benzene rings is 2. The van der Waals surface area contributed by atoms with Gasteiger partial charge in [0.1, 0.15) is 16.4 Å². The lowest BCUT2D eigenvalue weighted by molar-refractivity contribution is -0.130. The number of ether oxygens (including phenoxy) is 1. The Labute approximate surface area is 153 Å². The van der Waals surface area contributed by atoms with Gasteiger partial charge in [-0.05, 0) is 54.8 Å². The van der Waals surface area contributed by atoms with Gasteiger partial charge in [-0.25, -0.2) is 0 Å². The first-order valence-corrected chi connectivity index (χ1v) is 9.74. The first kappa shape index (κ1) is 18.3. The monoisotopic (exact) mass is 375 g/mol. The third-order valence-electron chi connectivity index (χ3n) is 4.22. The lowest BCUT2D eigenvalue weighted by Crippen LogP contribution is -2.30. The van der Waals surface area contributed by atoms with Crippen LogP contribution in [0.1, 0.15) is 25.3 Å². The lowest BCUT2D eigenvalue weighted by Gasteiger charge is -2.20. The summed E-state index contributed by atoms with van der Waals surface area (Å²) in [6.07, 6.45) is 2.09. The Kier molecular flexibility index (Phi) is 5.18. The van der Waals surface area contributed by atoms with Crippen molar-refractivity contribution in [2.24, 2.45) is 0 Å². The minimum Gasteiger partial charge on any atom is -0.497 e. The number of amides is 1. The van der Waals surface area contributed by atoms with Gasteiger partial charge in [-0.1, -0.05) is 12.1 Å². The van der Waals surface area contributed by atoms with Gasteiger partial charge in [-0.15, -0.1) is 0 Å². The summed E-state index contributed by atoms with van der Waals surface area (Å²) >= 11 is 0. The molecule has 1 aliphatic carbocycles. The van der Waals surface area contributed by atoms with Crippen molar-refractivity contribution < 1.29 is 22.1 Å². The Morgan fingerprint density at radius 1 is 1.04 bits per heavy atom. The molecule has 0 spiro atoms. The zero-order chi connectivity index (χ0) is 18.7. The van der Waals surface area contributed by atoms with Crippen molar-refractivity contribution in [3.8, 4) is 11.5 Å². The van der Waals surface area contributed by atoms with Crippen LogP contribution in [-0.4, -0.2) is 32.4 Å². The van der Waals surface area contributed by atoms with E-state index in [2.05, 4.69) is 0 Å². The molecule has 2 aromatic carbocycles. The van der Waals surface area contributed by atoms with Gasteiger partial charge in [0.25, 0.3) is 0 Å². The first-order valence-electron chi connectivity index (χ1n) is 8.34. The average molecular weight is 375 g/mol. The molecule has 0 saturated heterocycles. The Morgan fingerprint density at radius 3 is 2.12 bits per heavy atom. The zero-order valence-electron chi connectivity index (χ0n) is 14.7. The highest BCUT2D eigenvalue weighted by molar-refractivity contribution is 7.87. The molecular formula is C19H21NO5S. The van der Waals surface area contributed by atoms with E-state index in [1.54, 1.807) is 43.3 Å². The summed E-state index contributed by atoms with van der Waals surface area (Å²) in [7, 11) is -2.40. The first-order chi connectivity index (χ1) is 12.4. The van der Waals surface area contributed by atoms with Gasteiger partial charge in [0.05, 0.1) is 7.11 Å². The number of nitrogens with zero attached hydrogens (tertiary/aromatic N) is 1. The SMILES string of the molecule is COc1ccc(S(=O)(=O)Oc2ccc(CN(C(C)=O)C3CC3)cc2)cc1. The molecule has 7 heteroatoms. The molecule has 0 N–H and O–H groups in total. The molecule has 0 aliphatic heterocycles. The molecular weight excluding hydrogens is 354 g/mol. The molecule has 1 saturated carbocycles. The maximum Gasteiger partial charge on any atom is 0.339 e. The number of carbonyl (C=O) groups is 1. The molecule has 0 aromatic heterocycles. The fourth-order valence-electron chi connectivity index (χ4n) is 2.65. The Bertz CT molecular complexity index is 871. The summed E-state index contributed by atoms with van der Waals surface area (Å²) < 4.78 is 34.9. The van der Waals surface area contributed by atoms with E-state index in [9.17, 15) is 13.2 Å². The largest absolute Gasteiger partial charge is 0.497 e. The van der Waals surface area contributed by atoms with E-state index in [-0.39, 0.29) is 16.6 Å². The standard InChI is InChI=1S/C19H21NO5S/c1-14(21)20(16-5-6-16)13-15-3-7-18(8-4-15)25-26(22,23)19-11-9-17(24-2)10-12-19/h3-4,7-12,16H,5-6,13H2,1-2H3. The Morgan fingerprint density at radius 2 is 1.62 bits per heavy atom. The predicted octanol–water partition coefficient (Wildman–Crippen LogP) is 2.97. The smallest absolute Gasteiger partial charge is 0.339 e. The molecule has 0 unspecified atom stereocenters. The number of carbonyl (C=O) groups excluding carboxylic acids is 1. The minimum absolute atomic E-state index is 0.0508. The summed E-state index contributed by atoms with van der Waals surface area (Å²) in [5.74, 6) is 0.847. The highest BCUT2D eigenvalue weighted by Gasteiger charge is 2.30. The van der Waals surface area contributed by atoms with E-state index in [0.29, 0.717) is 18.3 Å². The van der Waals surface area contributed by atoms with E-state index in [4.69, 9.17) is 8.92 Å². The average Bonchev–Trinajstić information content (AvgIpc) is 3.45. The second-order valence-corrected chi connectivity index (χ2v) is 7.78. The van der Waals surface area contributed by atoms with E-state index >= 15 is 0 Å². The maximum atomic E-state index is 12.3. The van der Waals surface area contributed by atoms with Gasteiger partial charge >= 0.3 is 10.1 Å². The molecule has 0 atom stereocenters. The second-order valence-electron chi connectivity index (χ2n) is 6.24. The van der Waals surface area contributed by atoms with Crippen LogP contribution in [0, 0.1) is 0 Å². The molecule has 1 aliphatic rings. The molecule has 1 fully saturated rings. The normalized spacial score (nSPS) is 13.9. The number of hydrogen-bond acceptors (Lipinski definition) is 5. The van der Waals surface area contributed by atoms with Gasteiger partial charge in [-0.2, -0.15) is 8.42 Å². The van der Waals surface area contributed by atoms with Crippen LogP contribution in [-0.2, 0) is 21.5 Å². The fourth-order valence-corrected chi connectivity index (χ4v) is 3.58. The highest BCUT2D eigenvalue weighted by Crippen LogP contribution is 2.29. The van der Waals surface area contributed by atoms with Crippen molar-refractivity contribution in [3.05, 3.63) is 54.1 Å². The van der Waals surface area contributed by atoms with Crippen LogP contribution >= 0.6 is 0 Å². The topological polar surface area (TPSA) is 72.9 Å². The molecule has 3 rings (SSSR count). The van der Waals surface area contributed by atoms with Crippen molar-refractivity contribution in [2.45, 2.75) is 37.2 Å². The van der Waals surface area contributed by atoms with Crippen LogP contribution in [0.5, 0.6) is 11.5 Å². The van der Waals surface area contributed by atoms with Crippen molar-refractivity contribution >= 4 is 16.0 Å². The van der Waals surface area contributed by atoms with E-state index < -0.39 is 10.1 Å². The van der Waals surface area contributed by atoms with Gasteiger partial charge in [0.15, 0.2) is 0 Å². The molecule has 6 nitrogen and oxygen atoms in total. The van der Waals surface area contributed by atoms with Crippen LogP contribution in [0.4, 0.5) is 0 Å². The van der Waals surface area contributed by atoms with Crippen LogP contribution in [0.25, 0.3) is 0 Å². The van der Waals surface area contributed by atoms with Crippen LogP contribution in [0.3, 0.4) is 0 Å². The Balaban J connectivity index is 1.68. The molecule has 26 heavy (non-hydrogen) atoms. The molecule has 1 amide bonds. The van der Waals surface area contributed by atoms with Crippen molar-refractivity contribution in [1.29, 1.82) is 0 Å². The molecule has 138 valence electrons. The minimum atomic E-state index is -3.91. The molecule has 2 aromatic rings. The van der Waals surface area contributed by atoms with E-state index in [1.165, 1.54) is 19.2 Å². The van der Waals surface area contributed by atoms with Gasteiger partial charge in [0.2, 0.25) is 5.91 Å². The third kappa shape index (κ3) is 4.35. The number of methoxy groups -OCH3 is 1. The molecule has 0 radical (unpaired) electrons. The summed E-state index contributed by atoms with van der Waals surface area (Å²) in [6.45, 7) is 2.09. The highest BCUT2D eigenvalue weighted by atomic mass is 32.2. The van der Waals surface area contributed by atoms with Crippen molar-refractivity contribution in [3.63, 3.8) is 0 Å². The maximum absolute atomic E-state index is 12.3. The van der Waals surface area contributed by atoms with Crippen LogP contribution in [0.15, 0.2) is 53.4 Å². The summed E-state index contributed by atoms with van der Waals surface area (Å²) in [4.78, 5) is 13.6. The van der Waals surface area contributed by atoms with Gasteiger partial charge in [0, 0.05) is 19.5 Å². The fraction of sp³-hybridized carbons (Fsp3) is 0.316. The summed E-state index contributed by atoms with van der Waals surface area (Å²) in [5, 5.41) is 0. The third-order valence-corrected chi connectivity index (χ3v) is 5.48. The van der Waals surface area contributed by atoms with Crippen molar-refractivity contribution in [1.82, 2.24) is 4.90 Å². The zero-order valence-corrected chi connectivity index (χ0v) is 15.5. The number of hydrogen-bond donors (Lipinski definition) is 0. The van der Waals surface area contributed by atoms with Gasteiger partial charge < -0.3 is 13.8 Å². The number of rotatable bonds is 7. The predicted molar refractivity (Wildman–Crippen MR) is 96.5 cm³/mol. The molecule has 0 bridgehead atoms. The van der Waals surface area contributed by atoms with E-state index in [0.717, 1.165) is 18.4 Å². The van der Waals surface area contributed by atoms with Crippen molar-refractivity contribution in [2.75, 3.05) is 7.11 Å². The Hall–Kier alpha value is -2.54. The summed E-state index contributed by atoms with van der Waals surface area (Å²) in [6, 6.07) is 13.1. The lowest BCUT2D eigenvalue weighted by atomic mass is 10.2.